The number of amides is 1. The maximum absolute atomic E-state index is 12.1. The average molecular weight is 308 g/mol. The number of thiazole rings is 1. The minimum absolute atomic E-state index is 0.0604. The van der Waals surface area contributed by atoms with Crippen molar-refractivity contribution in [2.75, 3.05) is 6.54 Å². The molecule has 2 aromatic heterocycles. The topological polar surface area (TPSA) is 80.0 Å². The zero-order valence-corrected chi connectivity index (χ0v) is 13.4. The van der Waals surface area contributed by atoms with Crippen molar-refractivity contribution in [3.8, 4) is 10.6 Å². The number of carbonyl (C=O) groups excluding carboxylic acids is 1. The van der Waals surface area contributed by atoms with Gasteiger partial charge in [0.25, 0.3) is 5.91 Å². The molecule has 0 bridgehead atoms. The summed E-state index contributed by atoms with van der Waals surface area (Å²) in [6.07, 6.45) is 5.11. The van der Waals surface area contributed by atoms with E-state index in [4.69, 9.17) is 0 Å². The molecule has 0 aliphatic carbocycles. The zero-order chi connectivity index (χ0) is 15.6. The Bertz CT molecular complexity index is 630. The molecule has 7 heteroatoms. The average Bonchev–Trinajstić information content (AvgIpc) is 3.04. The Kier molecular flexibility index (Phi) is 4.43. The maximum atomic E-state index is 12.1. The second-order valence-electron chi connectivity index (χ2n) is 5.63. The molecule has 0 saturated carbocycles. The lowest BCUT2D eigenvalue weighted by molar-refractivity contribution is 0.0143. The Morgan fingerprint density at radius 1 is 1.52 bits per heavy atom. The summed E-state index contributed by atoms with van der Waals surface area (Å²) in [4.78, 5) is 16.9. The fourth-order valence-electron chi connectivity index (χ4n) is 1.59. The van der Waals surface area contributed by atoms with Crippen LogP contribution in [0, 0.1) is 5.92 Å². The summed E-state index contributed by atoms with van der Waals surface area (Å²) in [5.41, 5.74) is -0.0391. The van der Waals surface area contributed by atoms with Gasteiger partial charge in [-0.25, -0.2) is 4.98 Å². The number of carbonyl (C=O) groups is 1. The van der Waals surface area contributed by atoms with Crippen molar-refractivity contribution in [3.05, 3.63) is 23.5 Å². The first-order valence-corrected chi connectivity index (χ1v) is 7.56. The Morgan fingerprint density at radius 2 is 2.24 bits per heavy atom. The van der Waals surface area contributed by atoms with Crippen LogP contribution in [0.5, 0.6) is 0 Å². The summed E-state index contributed by atoms with van der Waals surface area (Å²) in [6, 6.07) is 0. The van der Waals surface area contributed by atoms with Gasteiger partial charge in [0.15, 0.2) is 0 Å². The van der Waals surface area contributed by atoms with Gasteiger partial charge in [-0.1, -0.05) is 13.8 Å². The third-order valence-electron chi connectivity index (χ3n) is 3.53. The summed E-state index contributed by atoms with van der Waals surface area (Å²) in [7, 11) is 1.83. The minimum Gasteiger partial charge on any atom is -0.388 e. The fraction of sp³-hybridized carbons (Fsp3) is 0.500. The summed E-state index contributed by atoms with van der Waals surface area (Å²) >= 11 is 1.31. The molecule has 2 rings (SSSR count). The number of aryl methyl sites for hydroxylation is 1. The predicted octanol–water partition coefficient (Wildman–Crippen LogP) is 1.68. The van der Waals surface area contributed by atoms with Gasteiger partial charge in [-0.3, -0.25) is 9.48 Å². The molecule has 1 unspecified atom stereocenters. The lowest BCUT2D eigenvalue weighted by atomic mass is 9.92. The van der Waals surface area contributed by atoms with Crippen LogP contribution in [0.2, 0.25) is 0 Å². The second-order valence-corrected chi connectivity index (χ2v) is 6.66. The molecule has 0 fully saturated rings. The molecule has 0 saturated heterocycles. The molecule has 2 heterocycles. The van der Waals surface area contributed by atoms with Gasteiger partial charge in [-0.15, -0.1) is 11.3 Å². The number of nitrogens with one attached hydrogen (secondary N) is 1. The highest BCUT2D eigenvalue weighted by Crippen LogP contribution is 2.24. The molecule has 0 radical (unpaired) electrons. The van der Waals surface area contributed by atoms with Crippen LogP contribution in [-0.2, 0) is 7.05 Å². The van der Waals surface area contributed by atoms with E-state index in [2.05, 4.69) is 15.4 Å². The molecule has 0 aliphatic rings. The number of nitrogens with zero attached hydrogens (tertiary/aromatic N) is 3. The Balaban J connectivity index is 2.03. The third-order valence-corrected chi connectivity index (χ3v) is 4.58. The van der Waals surface area contributed by atoms with Gasteiger partial charge in [0.1, 0.15) is 9.88 Å². The van der Waals surface area contributed by atoms with Gasteiger partial charge in [0.05, 0.1) is 18.0 Å². The number of hydrogen-bond donors (Lipinski definition) is 2. The Hall–Kier alpha value is -1.73. The van der Waals surface area contributed by atoms with Crippen molar-refractivity contribution in [2.45, 2.75) is 26.4 Å². The van der Waals surface area contributed by atoms with E-state index < -0.39 is 5.60 Å². The Labute approximate surface area is 127 Å². The molecule has 1 amide bonds. The van der Waals surface area contributed by atoms with E-state index >= 15 is 0 Å². The minimum atomic E-state index is -0.924. The standard InChI is InChI=1S/C14H20N4O2S/c1-9(2)14(3,20)8-16-12(19)11-6-15-13(21-11)10-5-17-18(4)7-10/h5-7,9,20H,8H2,1-4H3,(H,16,19). The van der Waals surface area contributed by atoms with Gasteiger partial charge in [0, 0.05) is 25.4 Å². The smallest absolute Gasteiger partial charge is 0.263 e. The molecule has 2 N–H and O–H groups in total. The quantitative estimate of drug-likeness (QED) is 0.880. The van der Waals surface area contributed by atoms with E-state index in [1.54, 1.807) is 24.0 Å². The third kappa shape index (κ3) is 3.68. The van der Waals surface area contributed by atoms with Crippen LogP contribution >= 0.6 is 11.3 Å². The SMILES string of the molecule is CC(C)C(C)(O)CNC(=O)c1cnc(-c2cnn(C)c2)s1. The first-order chi connectivity index (χ1) is 9.79. The van der Waals surface area contributed by atoms with E-state index in [0.717, 1.165) is 10.6 Å². The van der Waals surface area contributed by atoms with Crippen LogP contribution in [0.15, 0.2) is 18.6 Å². The molecule has 0 spiro atoms. The van der Waals surface area contributed by atoms with Gasteiger partial charge >= 0.3 is 0 Å². The molecule has 0 aliphatic heterocycles. The summed E-state index contributed by atoms with van der Waals surface area (Å²) < 4.78 is 1.69. The van der Waals surface area contributed by atoms with Crippen LogP contribution < -0.4 is 5.32 Å². The van der Waals surface area contributed by atoms with E-state index in [0.29, 0.717) is 4.88 Å². The van der Waals surface area contributed by atoms with Crippen molar-refractivity contribution >= 4 is 17.2 Å². The fourth-order valence-corrected chi connectivity index (χ4v) is 2.40. The molecular weight excluding hydrogens is 288 g/mol. The van der Waals surface area contributed by atoms with Gasteiger partial charge in [0.2, 0.25) is 0 Å². The molecule has 6 nitrogen and oxygen atoms in total. The van der Waals surface area contributed by atoms with Gasteiger partial charge in [-0.2, -0.15) is 5.10 Å². The van der Waals surface area contributed by atoms with E-state index in [-0.39, 0.29) is 18.4 Å². The molecule has 0 aromatic carbocycles. The van der Waals surface area contributed by atoms with Gasteiger partial charge in [-0.05, 0) is 12.8 Å². The van der Waals surface area contributed by atoms with Crippen molar-refractivity contribution in [2.24, 2.45) is 13.0 Å². The maximum Gasteiger partial charge on any atom is 0.263 e. The van der Waals surface area contributed by atoms with Crippen LogP contribution in [0.3, 0.4) is 0 Å². The monoisotopic (exact) mass is 308 g/mol. The zero-order valence-electron chi connectivity index (χ0n) is 12.6. The predicted molar refractivity (Wildman–Crippen MR) is 82.1 cm³/mol. The highest BCUT2D eigenvalue weighted by Gasteiger charge is 2.26. The molecule has 114 valence electrons. The van der Waals surface area contributed by atoms with Gasteiger partial charge < -0.3 is 10.4 Å². The molecule has 21 heavy (non-hydrogen) atoms. The van der Waals surface area contributed by atoms with Crippen molar-refractivity contribution in [1.82, 2.24) is 20.1 Å². The molecule has 2 aromatic rings. The largest absolute Gasteiger partial charge is 0.388 e. The first-order valence-electron chi connectivity index (χ1n) is 6.75. The Morgan fingerprint density at radius 3 is 2.81 bits per heavy atom. The van der Waals surface area contributed by atoms with Crippen LogP contribution in [0.25, 0.3) is 10.6 Å². The van der Waals surface area contributed by atoms with Crippen LogP contribution in [0.1, 0.15) is 30.4 Å². The van der Waals surface area contributed by atoms with Crippen LogP contribution in [0.4, 0.5) is 0 Å². The van der Waals surface area contributed by atoms with E-state index in [1.165, 1.54) is 11.3 Å². The van der Waals surface area contributed by atoms with Crippen molar-refractivity contribution < 1.29 is 9.90 Å². The molecular formula is C14H20N4O2S. The summed E-state index contributed by atoms with van der Waals surface area (Å²) in [5, 5.41) is 17.7. The highest BCUT2D eigenvalue weighted by molar-refractivity contribution is 7.16. The second kappa shape index (κ2) is 5.95. The summed E-state index contributed by atoms with van der Waals surface area (Å²) in [6.45, 7) is 5.76. The number of hydrogen-bond acceptors (Lipinski definition) is 5. The summed E-state index contributed by atoms with van der Waals surface area (Å²) in [5.74, 6) is -0.159. The van der Waals surface area contributed by atoms with E-state index in [9.17, 15) is 9.90 Å². The highest BCUT2D eigenvalue weighted by atomic mass is 32.1. The molecule has 1 atom stereocenters. The number of aliphatic hydroxyl groups is 1. The van der Waals surface area contributed by atoms with Crippen molar-refractivity contribution in [1.29, 1.82) is 0 Å². The van der Waals surface area contributed by atoms with Crippen molar-refractivity contribution in [3.63, 3.8) is 0 Å². The normalized spacial score (nSPS) is 14.2. The lowest BCUT2D eigenvalue weighted by Gasteiger charge is -2.27. The lowest BCUT2D eigenvalue weighted by Crippen LogP contribution is -2.44. The van der Waals surface area contributed by atoms with Crippen LogP contribution in [-0.4, -0.2) is 37.9 Å². The number of aromatic nitrogens is 3. The number of rotatable bonds is 5. The first kappa shape index (κ1) is 15.7. The van der Waals surface area contributed by atoms with E-state index in [1.807, 2.05) is 27.1 Å².